The Morgan fingerprint density at radius 1 is 1.50 bits per heavy atom. The van der Waals surface area contributed by atoms with Crippen molar-refractivity contribution >= 4 is 16.9 Å². The van der Waals surface area contributed by atoms with Crippen molar-refractivity contribution in [2.45, 2.75) is 6.42 Å². The van der Waals surface area contributed by atoms with Gasteiger partial charge in [-0.2, -0.15) is 0 Å². The molecule has 0 fully saturated rings. The molecule has 1 aromatic carbocycles. The van der Waals surface area contributed by atoms with Gasteiger partial charge in [-0.15, -0.1) is 0 Å². The summed E-state index contributed by atoms with van der Waals surface area (Å²) in [5, 5.41) is 18.8. The number of ether oxygens (including phenoxy) is 1. The predicted molar refractivity (Wildman–Crippen MR) is 55.8 cm³/mol. The van der Waals surface area contributed by atoms with Gasteiger partial charge in [0.05, 0.1) is 19.8 Å². The molecule has 2 rings (SSSR count). The largest absolute Gasteiger partial charge is 0.504 e. The Labute approximate surface area is 90.9 Å². The van der Waals surface area contributed by atoms with E-state index in [9.17, 15) is 9.90 Å². The van der Waals surface area contributed by atoms with Crippen LogP contribution in [-0.4, -0.2) is 23.3 Å². The SMILES string of the molecule is COc1c(O)ccc2c(CC(=O)O)coc12. The summed E-state index contributed by atoms with van der Waals surface area (Å²) in [4.78, 5) is 10.6. The van der Waals surface area contributed by atoms with Gasteiger partial charge in [0.1, 0.15) is 0 Å². The van der Waals surface area contributed by atoms with E-state index in [0.717, 1.165) is 0 Å². The summed E-state index contributed by atoms with van der Waals surface area (Å²) in [5.74, 6) is -0.755. The van der Waals surface area contributed by atoms with Crippen molar-refractivity contribution in [2.75, 3.05) is 7.11 Å². The maximum Gasteiger partial charge on any atom is 0.307 e. The number of aromatic hydroxyl groups is 1. The molecule has 0 spiro atoms. The second kappa shape index (κ2) is 3.77. The Balaban J connectivity index is 2.61. The van der Waals surface area contributed by atoms with Gasteiger partial charge < -0.3 is 19.4 Å². The second-order valence-corrected chi connectivity index (χ2v) is 3.33. The van der Waals surface area contributed by atoms with E-state index >= 15 is 0 Å². The van der Waals surface area contributed by atoms with E-state index in [1.54, 1.807) is 6.07 Å². The summed E-state index contributed by atoms with van der Waals surface area (Å²) in [6.45, 7) is 0. The van der Waals surface area contributed by atoms with Crippen LogP contribution in [0.3, 0.4) is 0 Å². The van der Waals surface area contributed by atoms with E-state index in [2.05, 4.69) is 0 Å². The first-order valence-corrected chi connectivity index (χ1v) is 4.61. The van der Waals surface area contributed by atoms with Crippen molar-refractivity contribution in [3.05, 3.63) is 24.0 Å². The molecule has 0 unspecified atom stereocenters. The van der Waals surface area contributed by atoms with Crippen LogP contribution in [-0.2, 0) is 11.2 Å². The number of rotatable bonds is 3. The van der Waals surface area contributed by atoms with Crippen LogP contribution in [0, 0.1) is 0 Å². The van der Waals surface area contributed by atoms with E-state index in [1.165, 1.54) is 19.4 Å². The molecular formula is C11H10O5. The number of fused-ring (bicyclic) bond motifs is 1. The van der Waals surface area contributed by atoms with Crippen LogP contribution in [0.1, 0.15) is 5.56 Å². The molecule has 2 N–H and O–H groups in total. The van der Waals surface area contributed by atoms with E-state index in [1.807, 2.05) is 0 Å². The normalized spacial score (nSPS) is 10.6. The number of carbonyl (C=O) groups is 1. The Morgan fingerprint density at radius 2 is 2.25 bits per heavy atom. The van der Waals surface area contributed by atoms with Gasteiger partial charge in [0, 0.05) is 10.9 Å². The molecule has 0 amide bonds. The molecule has 5 heteroatoms. The van der Waals surface area contributed by atoms with Crippen LogP contribution in [0.15, 0.2) is 22.8 Å². The van der Waals surface area contributed by atoms with Crippen LogP contribution in [0.2, 0.25) is 0 Å². The molecule has 0 aliphatic rings. The maximum absolute atomic E-state index is 10.6. The molecule has 1 aromatic heterocycles. The van der Waals surface area contributed by atoms with E-state index in [-0.39, 0.29) is 17.9 Å². The first-order valence-electron chi connectivity index (χ1n) is 4.61. The zero-order valence-corrected chi connectivity index (χ0v) is 8.56. The molecule has 84 valence electrons. The smallest absolute Gasteiger partial charge is 0.307 e. The summed E-state index contributed by atoms with van der Waals surface area (Å²) in [7, 11) is 1.41. The summed E-state index contributed by atoms with van der Waals surface area (Å²) in [5.41, 5.74) is 0.916. The molecule has 0 radical (unpaired) electrons. The lowest BCUT2D eigenvalue weighted by Crippen LogP contribution is -1.98. The summed E-state index contributed by atoms with van der Waals surface area (Å²) in [6, 6.07) is 3.05. The second-order valence-electron chi connectivity index (χ2n) is 3.33. The van der Waals surface area contributed by atoms with Crippen molar-refractivity contribution in [3.8, 4) is 11.5 Å². The molecule has 0 saturated heterocycles. The van der Waals surface area contributed by atoms with Crippen molar-refractivity contribution in [3.63, 3.8) is 0 Å². The molecule has 1 heterocycles. The average molecular weight is 222 g/mol. The van der Waals surface area contributed by atoms with Crippen LogP contribution < -0.4 is 4.74 Å². The summed E-state index contributed by atoms with van der Waals surface area (Å²) >= 11 is 0. The van der Waals surface area contributed by atoms with E-state index in [0.29, 0.717) is 16.5 Å². The molecule has 0 saturated carbocycles. The number of hydrogen-bond donors (Lipinski definition) is 2. The minimum absolute atomic E-state index is 0.0359. The standard InChI is InChI=1S/C11H10O5/c1-15-11-8(12)3-2-7-6(4-9(13)14)5-16-10(7)11/h2-3,5,12H,4H2,1H3,(H,13,14). The fourth-order valence-corrected chi connectivity index (χ4v) is 1.61. The minimum Gasteiger partial charge on any atom is -0.504 e. The van der Waals surface area contributed by atoms with Crippen molar-refractivity contribution < 1.29 is 24.2 Å². The third-order valence-electron chi connectivity index (χ3n) is 2.30. The maximum atomic E-state index is 10.6. The number of methoxy groups -OCH3 is 1. The Bertz CT molecular complexity index is 541. The first kappa shape index (κ1) is 10.4. The van der Waals surface area contributed by atoms with Gasteiger partial charge >= 0.3 is 5.97 Å². The number of hydrogen-bond acceptors (Lipinski definition) is 4. The van der Waals surface area contributed by atoms with Crippen LogP contribution in [0.5, 0.6) is 11.5 Å². The quantitative estimate of drug-likeness (QED) is 0.827. The van der Waals surface area contributed by atoms with Gasteiger partial charge in [-0.3, -0.25) is 4.79 Å². The third-order valence-corrected chi connectivity index (χ3v) is 2.30. The van der Waals surface area contributed by atoms with Crippen LogP contribution in [0.4, 0.5) is 0 Å². The monoisotopic (exact) mass is 222 g/mol. The number of carboxylic acid groups (broad SMARTS) is 1. The van der Waals surface area contributed by atoms with Crippen molar-refractivity contribution in [2.24, 2.45) is 0 Å². The van der Waals surface area contributed by atoms with Crippen LogP contribution in [0.25, 0.3) is 11.0 Å². The van der Waals surface area contributed by atoms with Crippen molar-refractivity contribution in [1.82, 2.24) is 0 Å². The number of phenolic OH excluding ortho intramolecular Hbond substituents is 1. The summed E-state index contributed by atoms with van der Waals surface area (Å²) in [6.07, 6.45) is 1.24. The van der Waals surface area contributed by atoms with Crippen LogP contribution >= 0.6 is 0 Å². The highest BCUT2D eigenvalue weighted by molar-refractivity contribution is 5.90. The summed E-state index contributed by atoms with van der Waals surface area (Å²) < 4.78 is 10.2. The molecule has 0 aliphatic heterocycles. The first-order chi connectivity index (χ1) is 7.63. The predicted octanol–water partition coefficient (Wildman–Crippen LogP) is 1.77. The molecule has 5 nitrogen and oxygen atoms in total. The topological polar surface area (TPSA) is 79.9 Å². The minimum atomic E-state index is -0.935. The average Bonchev–Trinajstić information content (AvgIpc) is 2.60. The zero-order chi connectivity index (χ0) is 11.7. The highest BCUT2D eigenvalue weighted by Gasteiger charge is 2.15. The molecule has 0 bridgehead atoms. The van der Waals surface area contributed by atoms with Gasteiger partial charge in [-0.25, -0.2) is 0 Å². The number of furan rings is 1. The third kappa shape index (κ3) is 1.56. The molecular weight excluding hydrogens is 212 g/mol. The Hall–Kier alpha value is -2.17. The van der Waals surface area contributed by atoms with Gasteiger partial charge in [-0.1, -0.05) is 0 Å². The molecule has 0 aliphatic carbocycles. The number of benzene rings is 1. The molecule has 16 heavy (non-hydrogen) atoms. The fourth-order valence-electron chi connectivity index (χ4n) is 1.61. The number of phenols is 1. The molecule has 2 aromatic rings. The highest BCUT2D eigenvalue weighted by Crippen LogP contribution is 2.36. The zero-order valence-electron chi connectivity index (χ0n) is 8.56. The Kier molecular flexibility index (Phi) is 2.44. The Morgan fingerprint density at radius 3 is 2.88 bits per heavy atom. The van der Waals surface area contributed by atoms with Gasteiger partial charge in [0.2, 0.25) is 5.75 Å². The van der Waals surface area contributed by atoms with Gasteiger partial charge in [0.25, 0.3) is 0 Å². The number of carboxylic acids is 1. The van der Waals surface area contributed by atoms with E-state index in [4.69, 9.17) is 14.3 Å². The highest BCUT2D eigenvalue weighted by atomic mass is 16.5. The van der Waals surface area contributed by atoms with E-state index < -0.39 is 5.97 Å². The lowest BCUT2D eigenvalue weighted by atomic mass is 10.1. The lowest BCUT2D eigenvalue weighted by Gasteiger charge is -2.03. The van der Waals surface area contributed by atoms with Crippen molar-refractivity contribution in [1.29, 1.82) is 0 Å². The molecule has 0 atom stereocenters. The fraction of sp³-hybridized carbons (Fsp3) is 0.182. The lowest BCUT2D eigenvalue weighted by molar-refractivity contribution is -0.136. The van der Waals surface area contributed by atoms with Gasteiger partial charge in [0.15, 0.2) is 11.3 Å². The van der Waals surface area contributed by atoms with Gasteiger partial charge in [-0.05, 0) is 12.1 Å². The number of aliphatic carboxylic acids is 1.